The molecule has 0 aromatic rings. The van der Waals surface area contributed by atoms with Crippen molar-refractivity contribution in [3.05, 3.63) is 10.6 Å². The second-order valence-corrected chi connectivity index (χ2v) is 4.27. The Labute approximate surface area is 80.4 Å². The van der Waals surface area contributed by atoms with Crippen LogP contribution in [0.4, 0.5) is 0 Å². The highest BCUT2D eigenvalue weighted by Crippen LogP contribution is 2.29. The van der Waals surface area contributed by atoms with Gasteiger partial charge in [-0.2, -0.15) is 0 Å². The van der Waals surface area contributed by atoms with E-state index < -0.39 is 0 Å². The molecule has 0 rings (SSSR count). The first kappa shape index (κ1) is 11.8. The van der Waals surface area contributed by atoms with Crippen LogP contribution in [0.3, 0.4) is 0 Å². The lowest BCUT2D eigenvalue weighted by Crippen LogP contribution is -2.00. The van der Waals surface area contributed by atoms with Crippen molar-refractivity contribution < 1.29 is 0 Å². The smallest absolute Gasteiger partial charge is 0.0519 e. The van der Waals surface area contributed by atoms with Gasteiger partial charge in [-0.05, 0) is 24.8 Å². The molecular formula is C10H19NS. The molecule has 0 aliphatic rings. The van der Waals surface area contributed by atoms with E-state index >= 15 is 0 Å². The van der Waals surface area contributed by atoms with E-state index in [4.69, 9.17) is 0 Å². The number of thioether (sulfide) groups is 1. The van der Waals surface area contributed by atoms with Gasteiger partial charge in [0, 0.05) is 4.91 Å². The van der Waals surface area contributed by atoms with E-state index in [9.17, 15) is 0 Å². The van der Waals surface area contributed by atoms with Gasteiger partial charge < -0.3 is 0 Å². The summed E-state index contributed by atoms with van der Waals surface area (Å²) in [7, 11) is 0. The quantitative estimate of drug-likeness (QED) is 0.610. The van der Waals surface area contributed by atoms with Crippen LogP contribution in [0.15, 0.2) is 15.6 Å². The highest BCUT2D eigenvalue weighted by Gasteiger charge is 2.11. The van der Waals surface area contributed by atoms with E-state index in [0.29, 0.717) is 11.8 Å². The minimum atomic E-state index is 0.479. The Morgan fingerprint density at radius 1 is 1.17 bits per heavy atom. The van der Waals surface area contributed by atoms with E-state index in [1.165, 1.54) is 4.91 Å². The van der Waals surface area contributed by atoms with E-state index in [0.717, 1.165) is 5.70 Å². The standard InChI is InChI=1S/C10H19NS/c1-7(2)9(11-5)10(12-6)8(3)4/h7-8H,5H2,1-4,6H3/b10-9-. The summed E-state index contributed by atoms with van der Waals surface area (Å²) in [5, 5.41) is 0. The molecule has 1 nitrogen and oxygen atoms in total. The predicted molar refractivity (Wildman–Crippen MR) is 59.8 cm³/mol. The number of hydrogen-bond acceptors (Lipinski definition) is 2. The molecule has 0 aliphatic heterocycles. The molecule has 0 saturated carbocycles. The molecule has 0 aromatic carbocycles. The van der Waals surface area contributed by atoms with Crippen molar-refractivity contribution in [1.82, 2.24) is 0 Å². The topological polar surface area (TPSA) is 12.4 Å². The molecule has 0 radical (unpaired) electrons. The Morgan fingerprint density at radius 2 is 1.67 bits per heavy atom. The zero-order valence-electron chi connectivity index (χ0n) is 8.72. The van der Waals surface area contributed by atoms with E-state index in [-0.39, 0.29) is 0 Å². The first-order valence-corrected chi connectivity index (χ1v) is 5.51. The van der Waals surface area contributed by atoms with Gasteiger partial charge in [-0.15, -0.1) is 11.8 Å². The molecule has 70 valence electrons. The average Bonchev–Trinajstić information content (AvgIpc) is 1.98. The summed E-state index contributed by atoms with van der Waals surface area (Å²) in [6.45, 7) is 12.3. The maximum atomic E-state index is 4.09. The fourth-order valence-electron chi connectivity index (χ4n) is 1.18. The average molecular weight is 185 g/mol. The van der Waals surface area contributed by atoms with Crippen LogP contribution in [0.2, 0.25) is 0 Å². The van der Waals surface area contributed by atoms with Gasteiger partial charge in [0.15, 0.2) is 0 Å². The molecule has 2 heteroatoms. The van der Waals surface area contributed by atoms with Crippen molar-refractivity contribution in [1.29, 1.82) is 0 Å². The Hall–Kier alpha value is -0.240. The maximum Gasteiger partial charge on any atom is 0.0519 e. The zero-order chi connectivity index (χ0) is 9.72. The number of nitrogens with zero attached hydrogens (tertiary/aromatic N) is 1. The van der Waals surface area contributed by atoms with Crippen molar-refractivity contribution in [2.45, 2.75) is 27.7 Å². The van der Waals surface area contributed by atoms with E-state index in [2.05, 4.69) is 45.7 Å². The van der Waals surface area contributed by atoms with Crippen LogP contribution >= 0.6 is 11.8 Å². The molecule has 0 saturated heterocycles. The minimum Gasteiger partial charge on any atom is -0.268 e. The summed E-state index contributed by atoms with van der Waals surface area (Å²) >= 11 is 1.78. The Kier molecular flexibility index (Phi) is 5.31. The van der Waals surface area contributed by atoms with Crippen LogP contribution in [0, 0.1) is 11.8 Å². The lowest BCUT2D eigenvalue weighted by atomic mass is 10.1. The van der Waals surface area contributed by atoms with Crippen LogP contribution in [0.1, 0.15) is 27.7 Å². The highest BCUT2D eigenvalue weighted by atomic mass is 32.2. The third-order valence-electron chi connectivity index (χ3n) is 1.71. The fraction of sp³-hybridized carbons (Fsp3) is 0.700. The van der Waals surface area contributed by atoms with Crippen molar-refractivity contribution in [3.8, 4) is 0 Å². The molecule has 0 atom stereocenters. The fourth-order valence-corrected chi connectivity index (χ4v) is 2.16. The van der Waals surface area contributed by atoms with E-state index in [1.54, 1.807) is 11.8 Å². The molecule has 0 spiro atoms. The molecule has 0 heterocycles. The first-order valence-electron chi connectivity index (χ1n) is 4.29. The molecule has 0 amide bonds. The predicted octanol–water partition coefficient (Wildman–Crippen LogP) is 3.57. The summed E-state index contributed by atoms with van der Waals surface area (Å²) in [4.78, 5) is 5.45. The van der Waals surface area contributed by atoms with Gasteiger partial charge in [0.1, 0.15) is 0 Å². The summed E-state index contributed by atoms with van der Waals surface area (Å²) in [6, 6.07) is 0. The maximum absolute atomic E-state index is 4.09. The molecule has 0 bridgehead atoms. The number of aliphatic imine (C=N–C) groups is 1. The van der Waals surface area contributed by atoms with Gasteiger partial charge in [0.2, 0.25) is 0 Å². The molecular weight excluding hydrogens is 166 g/mol. The normalized spacial score (nSPS) is 13.6. The van der Waals surface area contributed by atoms with Gasteiger partial charge in [-0.3, -0.25) is 4.99 Å². The largest absolute Gasteiger partial charge is 0.268 e. The highest BCUT2D eigenvalue weighted by molar-refractivity contribution is 8.02. The minimum absolute atomic E-state index is 0.479. The number of hydrogen-bond donors (Lipinski definition) is 0. The zero-order valence-corrected chi connectivity index (χ0v) is 9.53. The van der Waals surface area contributed by atoms with Crippen LogP contribution in [-0.2, 0) is 0 Å². The van der Waals surface area contributed by atoms with Gasteiger partial charge in [0.25, 0.3) is 0 Å². The molecule has 0 aromatic heterocycles. The summed E-state index contributed by atoms with van der Waals surface area (Å²) in [5.74, 6) is 1.04. The van der Waals surface area contributed by atoms with Gasteiger partial charge in [-0.1, -0.05) is 27.7 Å². The second-order valence-electron chi connectivity index (χ2n) is 3.42. The van der Waals surface area contributed by atoms with Gasteiger partial charge >= 0.3 is 0 Å². The monoisotopic (exact) mass is 185 g/mol. The molecule has 0 unspecified atom stereocenters. The summed E-state index contributed by atoms with van der Waals surface area (Å²) in [6.07, 6.45) is 2.10. The van der Waals surface area contributed by atoms with Crippen LogP contribution in [0.5, 0.6) is 0 Å². The Morgan fingerprint density at radius 3 is 1.75 bits per heavy atom. The molecule has 12 heavy (non-hydrogen) atoms. The Balaban J connectivity index is 4.87. The van der Waals surface area contributed by atoms with Crippen LogP contribution in [0.25, 0.3) is 0 Å². The lowest BCUT2D eigenvalue weighted by molar-refractivity contribution is 0.715. The number of allylic oxidation sites excluding steroid dienone is 2. The molecule has 0 fully saturated rings. The van der Waals surface area contributed by atoms with Crippen LogP contribution in [-0.4, -0.2) is 13.0 Å². The van der Waals surface area contributed by atoms with Gasteiger partial charge in [0.05, 0.1) is 5.70 Å². The third-order valence-corrected chi connectivity index (χ3v) is 2.83. The second kappa shape index (κ2) is 5.41. The van der Waals surface area contributed by atoms with E-state index in [1.807, 2.05) is 0 Å². The van der Waals surface area contributed by atoms with Crippen LogP contribution < -0.4 is 0 Å². The van der Waals surface area contributed by atoms with Crippen molar-refractivity contribution in [3.63, 3.8) is 0 Å². The first-order chi connectivity index (χ1) is 5.54. The van der Waals surface area contributed by atoms with Crippen molar-refractivity contribution >= 4 is 18.5 Å². The summed E-state index contributed by atoms with van der Waals surface area (Å²) in [5.41, 5.74) is 1.15. The van der Waals surface area contributed by atoms with Crippen molar-refractivity contribution in [2.24, 2.45) is 16.8 Å². The van der Waals surface area contributed by atoms with Crippen molar-refractivity contribution in [2.75, 3.05) is 6.26 Å². The summed E-state index contributed by atoms with van der Waals surface area (Å²) < 4.78 is 0. The molecule has 0 N–H and O–H groups in total. The Bertz CT molecular complexity index is 180. The molecule has 0 aliphatic carbocycles. The SMILES string of the molecule is C=N/C(=C(\SC)C(C)C)C(C)C. The lowest BCUT2D eigenvalue weighted by Gasteiger charge is -2.15. The number of rotatable bonds is 4. The third kappa shape index (κ3) is 3.02. The van der Waals surface area contributed by atoms with Gasteiger partial charge in [-0.25, -0.2) is 0 Å².